The molecule has 0 aromatic carbocycles. The second kappa shape index (κ2) is 9.75. The van der Waals surface area contributed by atoms with Crippen LogP contribution < -0.4 is 16.0 Å². The molecule has 1 aromatic rings. The summed E-state index contributed by atoms with van der Waals surface area (Å²) in [6.07, 6.45) is 4.06. The summed E-state index contributed by atoms with van der Waals surface area (Å²) in [6, 6.07) is 3.93. The lowest BCUT2D eigenvalue weighted by Gasteiger charge is -2.17. The maximum atomic E-state index is 11.6. The van der Waals surface area contributed by atoms with E-state index in [0.29, 0.717) is 13.2 Å². The number of amides is 2. The highest BCUT2D eigenvalue weighted by Crippen LogP contribution is 2.19. The van der Waals surface area contributed by atoms with Crippen LogP contribution in [0.4, 0.5) is 10.6 Å². The van der Waals surface area contributed by atoms with Crippen LogP contribution in [0.25, 0.3) is 0 Å². The minimum atomic E-state index is -0.301. The Morgan fingerprint density at radius 3 is 2.96 bits per heavy atom. The van der Waals surface area contributed by atoms with Crippen LogP contribution in [0.2, 0.25) is 0 Å². The third kappa shape index (κ3) is 6.06. The Labute approximate surface area is 142 Å². The van der Waals surface area contributed by atoms with Crippen LogP contribution in [-0.4, -0.2) is 43.2 Å². The number of hydrogen-bond acceptors (Lipinski definition) is 5. The van der Waals surface area contributed by atoms with Crippen molar-refractivity contribution in [3.8, 4) is 0 Å². The van der Waals surface area contributed by atoms with Crippen molar-refractivity contribution in [2.45, 2.75) is 39.0 Å². The molecule has 1 aliphatic heterocycles. The predicted molar refractivity (Wildman–Crippen MR) is 92.0 cm³/mol. The van der Waals surface area contributed by atoms with Gasteiger partial charge in [-0.3, -0.25) is 4.79 Å². The van der Waals surface area contributed by atoms with E-state index in [4.69, 9.17) is 4.74 Å². The first-order valence-electron chi connectivity index (χ1n) is 8.59. The van der Waals surface area contributed by atoms with E-state index < -0.39 is 0 Å². The Kier molecular flexibility index (Phi) is 7.32. The number of urea groups is 1. The van der Waals surface area contributed by atoms with Gasteiger partial charge < -0.3 is 20.7 Å². The topological polar surface area (TPSA) is 92.3 Å². The normalized spacial score (nSPS) is 12.7. The molecule has 1 aliphatic rings. The summed E-state index contributed by atoms with van der Waals surface area (Å²) in [7, 11) is 0. The molecule has 0 radical (unpaired) electrons. The molecular weight excluding hydrogens is 308 g/mol. The van der Waals surface area contributed by atoms with E-state index in [-0.39, 0.29) is 25.0 Å². The molecular formula is C17H26N4O3. The van der Waals surface area contributed by atoms with E-state index in [1.54, 1.807) is 6.92 Å². The molecule has 0 spiro atoms. The molecule has 132 valence electrons. The molecule has 7 nitrogen and oxygen atoms in total. The van der Waals surface area contributed by atoms with Gasteiger partial charge in [0.25, 0.3) is 0 Å². The first kappa shape index (κ1) is 18.0. The maximum absolute atomic E-state index is 11.6. The van der Waals surface area contributed by atoms with E-state index >= 15 is 0 Å². The number of carbonyl (C=O) groups excluding carboxylic acids is 2. The summed E-state index contributed by atoms with van der Waals surface area (Å²) < 4.78 is 4.79. The van der Waals surface area contributed by atoms with Gasteiger partial charge in [0.2, 0.25) is 0 Å². The average molecular weight is 334 g/mol. The van der Waals surface area contributed by atoms with Gasteiger partial charge in [-0.05, 0) is 44.2 Å². The molecule has 0 atom stereocenters. The molecule has 2 amide bonds. The molecule has 0 fully saturated rings. The van der Waals surface area contributed by atoms with Crippen LogP contribution in [0.1, 0.15) is 37.4 Å². The molecule has 0 saturated heterocycles. The van der Waals surface area contributed by atoms with Gasteiger partial charge in [-0.1, -0.05) is 6.07 Å². The summed E-state index contributed by atoms with van der Waals surface area (Å²) in [5, 5.41) is 8.73. The molecule has 2 rings (SSSR count). The second-order valence-electron chi connectivity index (χ2n) is 5.68. The predicted octanol–water partition coefficient (Wildman–Crippen LogP) is 1.62. The Hall–Kier alpha value is -2.31. The number of esters is 1. The monoisotopic (exact) mass is 334 g/mol. The zero-order chi connectivity index (χ0) is 17.2. The third-order valence-corrected chi connectivity index (χ3v) is 3.77. The van der Waals surface area contributed by atoms with Crippen LogP contribution in [0, 0.1) is 0 Å². The van der Waals surface area contributed by atoms with Gasteiger partial charge in [0, 0.05) is 25.3 Å². The van der Waals surface area contributed by atoms with Gasteiger partial charge in [-0.25, -0.2) is 9.78 Å². The highest BCUT2D eigenvalue weighted by Gasteiger charge is 2.10. The summed E-state index contributed by atoms with van der Waals surface area (Å²) in [6.45, 7) is 3.94. The van der Waals surface area contributed by atoms with Crippen LogP contribution >= 0.6 is 0 Å². The number of pyridine rings is 1. The highest BCUT2D eigenvalue weighted by molar-refractivity contribution is 5.75. The minimum Gasteiger partial charge on any atom is -0.466 e. The van der Waals surface area contributed by atoms with E-state index in [0.717, 1.165) is 43.7 Å². The molecule has 2 heterocycles. The fourth-order valence-corrected chi connectivity index (χ4v) is 2.55. The van der Waals surface area contributed by atoms with Crippen molar-refractivity contribution in [1.29, 1.82) is 0 Å². The molecule has 24 heavy (non-hydrogen) atoms. The molecule has 0 saturated carbocycles. The Bertz CT molecular complexity index is 563. The van der Waals surface area contributed by atoms with Crippen molar-refractivity contribution in [3.05, 3.63) is 23.4 Å². The summed E-state index contributed by atoms with van der Waals surface area (Å²) in [4.78, 5) is 27.3. The second-order valence-corrected chi connectivity index (χ2v) is 5.68. The maximum Gasteiger partial charge on any atom is 0.314 e. The lowest BCUT2D eigenvalue weighted by atomic mass is 10.1. The number of ether oxygens (including phenoxy) is 1. The van der Waals surface area contributed by atoms with Crippen LogP contribution in [0.5, 0.6) is 0 Å². The first-order chi connectivity index (χ1) is 11.7. The van der Waals surface area contributed by atoms with Crippen LogP contribution in [0.15, 0.2) is 12.1 Å². The number of aryl methyl sites for hydroxylation is 2. The van der Waals surface area contributed by atoms with Crippen molar-refractivity contribution in [1.82, 2.24) is 15.6 Å². The van der Waals surface area contributed by atoms with Gasteiger partial charge in [0.05, 0.1) is 13.0 Å². The molecule has 0 aliphatic carbocycles. The molecule has 0 unspecified atom stereocenters. The molecule has 3 N–H and O–H groups in total. The van der Waals surface area contributed by atoms with E-state index in [1.165, 1.54) is 5.56 Å². The SMILES string of the molecule is CCOC(=O)CCNC(=O)NCCCc1ccc2c(n1)NCCC2. The minimum absolute atomic E-state index is 0.188. The van der Waals surface area contributed by atoms with Gasteiger partial charge in [0.15, 0.2) is 0 Å². The van der Waals surface area contributed by atoms with Crippen molar-refractivity contribution >= 4 is 17.8 Å². The van der Waals surface area contributed by atoms with Crippen molar-refractivity contribution in [2.75, 3.05) is 31.6 Å². The Morgan fingerprint density at radius 2 is 2.12 bits per heavy atom. The standard InChI is InChI=1S/C17H26N4O3/c1-2-24-15(22)9-12-20-17(23)19-11-4-6-14-8-7-13-5-3-10-18-16(13)21-14/h7-8H,2-6,9-12H2,1H3,(H,18,21)(H2,19,20,23). The van der Waals surface area contributed by atoms with Gasteiger partial charge >= 0.3 is 12.0 Å². The van der Waals surface area contributed by atoms with Gasteiger partial charge in [-0.2, -0.15) is 0 Å². The van der Waals surface area contributed by atoms with Crippen LogP contribution in [0.3, 0.4) is 0 Å². The number of nitrogens with zero attached hydrogens (tertiary/aromatic N) is 1. The van der Waals surface area contributed by atoms with Gasteiger partial charge in [0.1, 0.15) is 5.82 Å². The van der Waals surface area contributed by atoms with Gasteiger partial charge in [-0.15, -0.1) is 0 Å². The molecule has 1 aromatic heterocycles. The number of nitrogens with one attached hydrogen (secondary N) is 3. The van der Waals surface area contributed by atoms with E-state index in [2.05, 4.69) is 33.1 Å². The average Bonchev–Trinajstić information content (AvgIpc) is 2.59. The number of rotatable bonds is 8. The fourth-order valence-electron chi connectivity index (χ4n) is 2.55. The number of carbonyl (C=O) groups is 2. The smallest absolute Gasteiger partial charge is 0.314 e. The lowest BCUT2D eigenvalue weighted by molar-refractivity contribution is -0.142. The Balaban J connectivity index is 1.59. The highest BCUT2D eigenvalue weighted by atomic mass is 16.5. The fraction of sp³-hybridized carbons (Fsp3) is 0.588. The lowest BCUT2D eigenvalue weighted by Crippen LogP contribution is -2.37. The van der Waals surface area contributed by atoms with Crippen LogP contribution in [-0.2, 0) is 22.4 Å². The number of aromatic nitrogens is 1. The molecule has 0 bridgehead atoms. The van der Waals surface area contributed by atoms with Crippen molar-refractivity contribution in [2.24, 2.45) is 0 Å². The van der Waals surface area contributed by atoms with Crippen molar-refractivity contribution in [3.63, 3.8) is 0 Å². The summed E-state index contributed by atoms with van der Waals surface area (Å²) >= 11 is 0. The van der Waals surface area contributed by atoms with E-state index in [1.807, 2.05) is 0 Å². The summed E-state index contributed by atoms with van der Waals surface area (Å²) in [5.41, 5.74) is 2.32. The third-order valence-electron chi connectivity index (χ3n) is 3.77. The van der Waals surface area contributed by atoms with E-state index in [9.17, 15) is 9.59 Å². The first-order valence-corrected chi connectivity index (χ1v) is 8.59. The largest absolute Gasteiger partial charge is 0.466 e. The van der Waals surface area contributed by atoms with Crippen molar-refractivity contribution < 1.29 is 14.3 Å². The number of fused-ring (bicyclic) bond motifs is 1. The number of hydrogen-bond donors (Lipinski definition) is 3. The number of anilines is 1. The molecule has 7 heteroatoms. The Morgan fingerprint density at radius 1 is 1.29 bits per heavy atom. The quantitative estimate of drug-likeness (QED) is 0.496. The summed E-state index contributed by atoms with van der Waals surface area (Å²) in [5.74, 6) is 0.702. The zero-order valence-corrected chi connectivity index (χ0v) is 14.2. The zero-order valence-electron chi connectivity index (χ0n) is 14.2.